The van der Waals surface area contributed by atoms with Crippen LogP contribution in [0, 0.1) is 11.7 Å². The van der Waals surface area contributed by atoms with E-state index in [1.165, 1.54) is 13.2 Å². The van der Waals surface area contributed by atoms with E-state index < -0.39 is 5.82 Å². The number of ketones is 1. The summed E-state index contributed by atoms with van der Waals surface area (Å²) >= 11 is 0. The van der Waals surface area contributed by atoms with E-state index in [2.05, 4.69) is 0 Å². The van der Waals surface area contributed by atoms with Crippen molar-refractivity contribution in [2.24, 2.45) is 11.7 Å². The summed E-state index contributed by atoms with van der Waals surface area (Å²) in [5.41, 5.74) is 6.57. The fraction of sp³-hybridized carbons (Fsp3) is 0.500. The van der Waals surface area contributed by atoms with Crippen LogP contribution in [0.5, 0.6) is 5.75 Å². The molecule has 0 saturated heterocycles. The smallest absolute Gasteiger partial charge is 0.165 e. The number of nitrogens with two attached hydrogens (primary N) is 1. The highest BCUT2D eigenvalue weighted by molar-refractivity contribution is 5.84. The van der Waals surface area contributed by atoms with E-state index in [4.69, 9.17) is 10.5 Å². The van der Waals surface area contributed by atoms with E-state index >= 15 is 0 Å². The Morgan fingerprint density at radius 1 is 1.50 bits per heavy atom. The van der Waals surface area contributed by atoms with Crippen LogP contribution >= 0.6 is 0 Å². The van der Waals surface area contributed by atoms with E-state index in [9.17, 15) is 9.18 Å². The van der Waals surface area contributed by atoms with Gasteiger partial charge in [-0.2, -0.15) is 0 Å². The van der Waals surface area contributed by atoms with Crippen molar-refractivity contribution in [3.05, 3.63) is 29.6 Å². The van der Waals surface area contributed by atoms with Crippen LogP contribution in [0.4, 0.5) is 4.39 Å². The number of halogens is 1. The Bertz CT molecular complexity index is 447. The zero-order chi connectivity index (χ0) is 13.1. The summed E-state index contributed by atoms with van der Waals surface area (Å²) in [4.78, 5) is 12.1. The van der Waals surface area contributed by atoms with Crippen molar-refractivity contribution < 1.29 is 13.9 Å². The summed E-state index contributed by atoms with van der Waals surface area (Å²) in [5, 5.41) is 0. The molecule has 1 fully saturated rings. The van der Waals surface area contributed by atoms with Gasteiger partial charge in [-0.1, -0.05) is 12.5 Å². The van der Waals surface area contributed by atoms with Crippen LogP contribution in [0.3, 0.4) is 0 Å². The number of methoxy groups -OCH3 is 1. The number of benzene rings is 1. The highest BCUT2D eigenvalue weighted by atomic mass is 19.1. The van der Waals surface area contributed by atoms with Crippen LogP contribution in [-0.2, 0) is 11.2 Å². The minimum atomic E-state index is -0.432. The van der Waals surface area contributed by atoms with Crippen LogP contribution in [0.2, 0.25) is 0 Å². The second-order valence-corrected chi connectivity index (χ2v) is 4.81. The van der Waals surface area contributed by atoms with Gasteiger partial charge >= 0.3 is 0 Å². The second-order valence-electron chi connectivity index (χ2n) is 4.81. The van der Waals surface area contributed by atoms with Crippen LogP contribution in [-0.4, -0.2) is 18.9 Å². The molecule has 0 radical (unpaired) electrons. The quantitative estimate of drug-likeness (QED) is 0.891. The van der Waals surface area contributed by atoms with Gasteiger partial charge in [-0.3, -0.25) is 4.79 Å². The number of ether oxygens (including phenoxy) is 1. The fourth-order valence-corrected chi connectivity index (χ4v) is 2.54. The predicted octanol–water partition coefficient (Wildman–Crippen LogP) is 2.07. The SMILES string of the molecule is COc1ccc(CC(=O)C2CCCC2N)cc1F. The van der Waals surface area contributed by atoms with Crippen molar-refractivity contribution in [2.75, 3.05) is 7.11 Å². The molecule has 2 unspecified atom stereocenters. The number of carbonyl (C=O) groups is 1. The van der Waals surface area contributed by atoms with Gasteiger partial charge in [0.25, 0.3) is 0 Å². The average molecular weight is 251 g/mol. The molecular weight excluding hydrogens is 233 g/mol. The van der Waals surface area contributed by atoms with Crippen LogP contribution in [0.25, 0.3) is 0 Å². The first-order valence-corrected chi connectivity index (χ1v) is 6.22. The van der Waals surface area contributed by atoms with Crippen molar-refractivity contribution in [1.82, 2.24) is 0 Å². The lowest BCUT2D eigenvalue weighted by Crippen LogP contribution is -2.31. The summed E-state index contributed by atoms with van der Waals surface area (Å²) in [6.07, 6.45) is 3.03. The Morgan fingerprint density at radius 2 is 2.28 bits per heavy atom. The third-order valence-corrected chi connectivity index (χ3v) is 3.58. The molecule has 0 aromatic heterocycles. The first-order valence-electron chi connectivity index (χ1n) is 6.22. The number of rotatable bonds is 4. The standard InChI is InChI=1S/C14H18FNO2/c1-18-14-6-5-9(7-11(14)15)8-13(17)10-3-2-4-12(10)16/h5-7,10,12H,2-4,8,16H2,1H3. The summed E-state index contributed by atoms with van der Waals surface area (Å²) in [7, 11) is 1.42. The maximum Gasteiger partial charge on any atom is 0.165 e. The molecule has 1 aromatic carbocycles. The van der Waals surface area contributed by atoms with Crippen molar-refractivity contribution >= 4 is 5.78 Å². The Kier molecular flexibility index (Phi) is 3.97. The van der Waals surface area contributed by atoms with E-state index in [0.29, 0.717) is 5.56 Å². The summed E-state index contributed by atoms with van der Waals surface area (Å²) in [6, 6.07) is 4.60. The third-order valence-electron chi connectivity index (χ3n) is 3.58. The minimum Gasteiger partial charge on any atom is -0.494 e. The van der Waals surface area contributed by atoms with E-state index in [1.54, 1.807) is 12.1 Å². The third kappa shape index (κ3) is 2.70. The van der Waals surface area contributed by atoms with Crippen LogP contribution in [0.15, 0.2) is 18.2 Å². The molecular formula is C14H18FNO2. The number of carbonyl (C=O) groups excluding carboxylic acids is 1. The molecule has 1 aliphatic rings. The molecule has 1 aliphatic carbocycles. The lowest BCUT2D eigenvalue weighted by molar-refractivity contribution is -0.122. The van der Waals surface area contributed by atoms with E-state index in [-0.39, 0.29) is 29.9 Å². The van der Waals surface area contributed by atoms with E-state index in [1.807, 2.05) is 0 Å². The largest absolute Gasteiger partial charge is 0.494 e. The summed E-state index contributed by atoms with van der Waals surface area (Å²) in [6.45, 7) is 0. The molecule has 0 spiro atoms. The molecule has 18 heavy (non-hydrogen) atoms. The summed E-state index contributed by atoms with van der Waals surface area (Å²) in [5.74, 6) is -0.179. The Balaban J connectivity index is 2.05. The van der Waals surface area contributed by atoms with Gasteiger partial charge in [0.05, 0.1) is 7.11 Å². The van der Waals surface area contributed by atoms with Gasteiger partial charge < -0.3 is 10.5 Å². The van der Waals surface area contributed by atoms with E-state index in [0.717, 1.165) is 19.3 Å². The zero-order valence-electron chi connectivity index (χ0n) is 10.5. The van der Waals surface area contributed by atoms with Gasteiger partial charge in [-0.15, -0.1) is 0 Å². The molecule has 1 aromatic rings. The Hall–Kier alpha value is -1.42. The highest BCUT2D eigenvalue weighted by Gasteiger charge is 2.29. The topological polar surface area (TPSA) is 52.3 Å². The molecule has 2 atom stereocenters. The van der Waals surface area contributed by atoms with Gasteiger partial charge in [0.1, 0.15) is 5.78 Å². The monoisotopic (exact) mass is 251 g/mol. The number of Topliss-reactive ketones (excluding diaryl/α,β-unsaturated/α-hetero) is 1. The van der Waals surface area contributed by atoms with Crippen molar-refractivity contribution in [1.29, 1.82) is 0 Å². The Morgan fingerprint density at radius 3 is 2.83 bits per heavy atom. The molecule has 98 valence electrons. The van der Waals surface area contributed by atoms with Crippen molar-refractivity contribution in [3.63, 3.8) is 0 Å². The van der Waals surface area contributed by atoms with Crippen LogP contribution < -0.4 is 10.5 Å². The first kappa shape index (κ1) is 13.0. The van der Waals surface area contributed by atoms with Crippen molar-refractivity contribution in [3.8, 4) is 5.75 Å². The zero-order valence-corrected chi connectivity index (χ0v) is 10.5. The molecule has 0 bridgehead atoms. The molecule has 1 saturated carbocycles. The molecule has 4 heteroatoms. The maximum absolute atomic E-state index is 13.5. The van der Waals surface area contributed by atoms with Gasteiger partial charge in [-0.05, 0) is 30.5 Å². The predicted molar refractivity (Wildman–Crippen MR) is 67.0 cm³/mol. The normalized spacial score (nSPS) is 23.1. The molecule has 0 amide bonds. The maximum atomic E-state index is 13.5. The second kappa shape index (κ2) is 5.48. The number of hydrogen-bond acceptors (Lipinski definition) is 3. The van der Waals surface area contributed by atoms with Gasteiger partial charge in [0.15, 0.2) is 11.6 Å². The highest BCUT2D eigenvalue weighted by Crippen LogP contribution is 2.26. The first-order chi connectivity index (χ1) is 8.61. The summed E-state index contributed by atoms with van der Waals surface area (Å²) < 4.78 is 18.3. The van der Waals surface area contributed by atoms with Gasteiger partial charge in [0.2, 0.25) is 0 Å². The van der Waals surface area contributed by atoms with Crippen LogP contribution in [0.1, 0.15) is 24.8 Å². The lowest BCUT2D eigenvalue weighted by Gasteiger charge is -2.14. The average Bonchev–Trinajstić information content (AvgIpc) is 2.76. The minimum absolute atomic E-state index is 0.0272. The fourth-order valence-electron chi connectivity index (χ4n) is 2.54. The van der Waals surface area contributed by atoms with Gasteiger partial charge in [-0.25, -0.2) is 4.39 Å². The Labute approximate surface area is 106 Å². The van der Waals surface area contributed by atoms with Crippen molar-refractivity contribution in [2.45, 2.75) is 31.7 Å². The van der Waals surface area contributed by atoms with Gasteiger partial charge in [0, 0.05) is 18.4 Å². The number of hydrogen-bond donors (Lipinski definition) is 1. The molecule has 0 aliphatic heterocycles. The molecule has 0 heterocycles. The molecule has 3 nitrogen and oxygen atoms in total. The molecule has 2 rings (SSSR count). The molecule has 2 N–H and O–H groups in total. The lowest BCUT2D eigenvalue weighted by atomic mass is 9.94.